The quantitative estimate of drug-likeness (QED) is 0.821. The van der Waals surface area contributed by atoms with Gasteiger partial charge in [-0.25, -0.2) is 0 Å². The average molecular weight is 333 g/mol. The number of rotatable bonds is 5. The molecule has 0 aliphatic heterocycles. The molecule has 1 aromatic rings. The van der Waals surface area contributed by atoms with E-state index in [1.807, 2.05) is 25.1 Å². The van der Waals surface area contributed by atoms with Crippen molar-refractivity contribution in [3.8, 4) is 0 Å². The molecule has 2 fully saturated rings. The summed E-state index contributed by atoms with van der Waals surface area (Å²) in [7, 11) is 3.97. The normalized spacial score (nSPS) is 20.5. The molecule has 1 aromatic heterocycles. The van der Waals surface area contributed by atoms with Gasteiger partial charge >= 0.3 is 0 Å². The first kappa shape index (κ1) is 17.5. The molecule has 3 rings (SSSR count). The van der Waals surface area contributed by atoms with Crippen LogP contribution in [-0.4, -0.2) is 47.0 Å². The van der Waals surface area contributed by atoms with Crippen molar-refractivity contribution >= 4 is 5.91 Å². The smallest absolute Gasteiger partial charge is 0.276 e. The van der Waals surface area contributed by atoms with Crippen molar-refractivity contribution in [3.63, 3.8) is 0 Å². The fourth-order valence-corrected chi connectivity index (χ4v) is 4.28. The highest BCUT2D eigenvalue weighted by Crippen LogP contribution is 2.31. The van der Waals surface area contributed by atoms with Crippen LogP contribution in [0.2, 0.25) is 0 Å². The molecule has 1 heterocycles. The monoisotopic (exact) mass is 333 g/mol. The second-order valence-electron chi connectivity index (χ2n) is 7.71. The van der Waals surface area contributed by atoms with Gasteiger partial charge in [0.15, 0.2) is 11.5 Å². The molecule has 0 N–H and O–H groups in total. The van der Waals surface area contributed by atoms with E-state index in [4.69, 9.17) is 4.52 Å². The van der Waals surface area contributed by atoms with Crippen molar-refractivity contribution in [1.82, 2.24) is 15.0 Å². The highest BCUT2D eigenvalue weighted by molar-refractivity contribution is 5.92. The van der Waals surface area contributed by atoms with Gasteiger partial charge in [0.05, 0.1) is 6.54 Å². The zero-order chi connectivity index (χ0) is 16.9. The van der Waals surface area contributed by atoms with Crippen LogP contribution in [0.25, 0.3) is 0 Å². The second kappa shape index (κ2) is 8.15. The summed E-state index contributed by atoms with van der Waals surface area (Å²) in [6.45, 7) is 0.674. The highest BCUT2D eigenvalue weighted by Gasteiger charge is 2.34. The third kappa shape index (κ3) is 4.18. The molecular formula is C19H31N3O2. The molecule has 0 bridgehead atoms. The maximum atomic E-state index is 13.2. The molecule has 2 aliphatic carbocycles. The van der Waals surface area contributed by atoms with E-state index in [9.17, 15) is 4.79 Å². The molecule has 2 saturated carbocycles. The van der Waals surface area contributed by atoms with Crippen LogP contribution in [0.15, 0.2) is 10.6 Å². The molecule has 5 heteroatoms. The van der Waals surface area contributed by atoms with Gasteiger partial charge in [-0.2, -0.15) is 0 Å². The minimum atomic E-state index is 0.0857. The Morgan fingerprint density at radius 1 is 1.04 bits per heavy atom. The fourth-order valence-electron chi connectivity index (χ4n) is 4.28. The van der Waals surface area contributed by atoms with Crippen LogP contribution in [0, 0.1) is 0 Å². The van der Waals surface area contributed by atoms with E-state index in [-0.39, 0.29) is 5.91 Å². The number of amides is 1. The summed E-state index contributed by atoms with van der Waals surface area (Å²) in [5.74, 6) is 0.846. The molecule has 0 atom stereocenters. The zero-order valence-corrected chi connectivity index (χ0v) is 15.2. The maximum absolute atomic E-state index is 13.2. The first-order valence-electron chi connectivity index (χ1n) is 9.58. The van der Waals surface area contributed by atoms with E-state index in [2.05, 4.69) is 10.1 Å². The van der Waals surface area contributed by atoms with E-state index in [0.717, 1.165) is 31.4 Å². The van der Waals surface area contributed by atoms with Gasteiger partial charge in [-0.1, -0.05) is 43.7 Å². The van der Waals surface area contributed by atoms with Gasteiger partial charge in [-0.05, 0) is 39.8 Å². The predicted molar refractivity (Wildman–Crippen MR) is 93.8 cm³/mol. The average Bonchev–Trinajstić information content (AvgIpc) is 3.05. The molecule has 1 amide bonds. The molecule has 134 valence electrons. The Morgan fingerprint density at radius 3 is 2.08 bits per heavy atom. The van der Waals surface area contributed by atoms with Gasteiger partial charge in [0, 0.05) is 18.2 Å². The summed E-state index contributed by atoms with van der Waals surface area (Å²) in [5, 5.41) is 4.09. The standard InChI is InChI=1S/C19H31N3O2/c1-21(2)14-17-13-18(20-24-17)19(23)22(15-9-5-3-6-10-15)16-11-7-4-8-12-16/h13,15-16H,3-12,14H2,1-2H3. The summed E-state index contributed by atoms with van der Waals surface area (Å²) >= 11 is 0. The lowest BCUT2D eigenvalue weighted by Gasteiger charge is -2.41. The van der Waals surface area contributed by atoms with Crippen LogP contribution in [0.4, 0.5) is 0 Å². The van der Waals surface area contributed by atoms with E-state index in [0.29, 0.717) is 24.3 Å². The fraction of sp³-hybridized carbons (Fsp3) is 0.789. The van der Waals surface area contributed by atoms with Gasteiger partial charge in [-0.3, -0.25) is 4.79 Å². The van der Waals surface area contributed by atoms with Gasteiger partial charge in [0.25, 0.3) is 5.91 Å². The van der Waals surface area contributed by atoms with Crippen molar-refractivity contribution in [1.29, 1.82) is 0 Å². The predicted octanol–water partition coefficient (Wildman–Crippen LogP) is 3.84. The molecule has 24 heavy (non-hydrogen) atoms. The molecule has 0 aromatic carbocycles. The van der Waals surface area contributed by atoms with Gasteiger partial charge in [-0.15, -0.1) is 0 Å². The van der Waals surface area contributed by atoms with Crippen molar-refractivity contribution in [3.05, 3.63) is 17.5 Å². The number of nitrogens with zero attached hydrogens (tertiary/aromatic N) is 3. The first-order chi connectivity index (χ1) is 11.6. The number of hydrogen-bond acceptors (Lipinski definition) is 4. The van der Waals surface area contributed by atoms with E-state index < -0.39 is 0 Å². The summed E-state index contributed by atoms with van der Waals surface area (Å²) < 4.78 is 5.38. The first-order valence-corrected chi connectivity index (χ1v) is 9.58. The molecule has 2 aliphatic rings. The number of hydrogen-bond donors (Lipinski definition) is 0. The molecule has 0 spiro atoms. The Kier molecular flexibility index (Phi) is 5.93. The third-order valence-electron chi connectivity index (χ3n) is 5.42. The second-order valence-corrected chi connectivity index (χ2v) is 7.71. The number of carbonyl (C=O) groups excluding carboxylic acids is 1. The minimum Gasteiger partial charge on any atom is -0.359 e. The molecule has 5 nitrogen and oxygen atoms in total. The lowest BCUT2D eigenvalue weighted by atomic mass is 9.88. The van der Waals surface area contributed by atoms with E-state index in [1.165, 1.54) is 38.5 Å². The summed E-state index contributed by atoms with van der Waals surface area (Å²) in [6.07, 6.45) is 12.2. The molecule has 0 unspecified atom stereocenters. The zero-order valence-electron chi connectivity index (χ0n) is 15.2. The van der Waals surface area contributed by atoms with Crippen LogP contribution >= 0.6 is 0 Å². The van der Waals surface area contributed by atoms with Crippen LogP contribution < -0.4 is 0 Å². The lowest BCUT2D eigenvalue weighted by Crippen LogP contribution is -2.48. The van der Waals surface area contributed by atoms with Crippen molar-refractivity contribution < 1.29 is 9.32 Å². The molecule has 0 saturated heterocycles. The molecule has 0 radical (unpaired) electrons. The van der Waals surface area contributed by atoms with Gasteiger partial charge < -0.3 is 14.3 Å². The molecular weight excluding hydrogens is 302 g/mol. The third-order valence-corrected chi connectivity index (χ3v) is 5.42. The highest BCUT2D eigenvalue weighted by atomic mass is 16.5. The van der Waals surface area contributed by atoms with Gasteiger partial charge in [0.2, 0.25) is 0 Å². The van der Waals surface area contributed by atoms with Crippen LogP contribution in [0.3, 0.4) is 0 Å². The maximum Gasteiger partial charge on any atom is 0.276 e. The van der Waals surface area contributed by atoms with Crippen LogP contribution in [0.1, 0.15) is 80.5 Å². The summed E-state index contributed by atoms with van der Waals surface area (Å²) in [4.78, 5) is 17.4. The van der Waals surface area contributed by atoms with Crippen LogP contribution in [-0.2, 0) is 6.54 Å². The van der Waals surface area contributed by atoms with Gasteiger partial charge in [0.1, 0.15) is 0 Å². The Balaban J connectivity index is 1.77. The lowest BCUT2D eigenvalue weighted by molar-refractivity contribution is 0.0438. The summed E-state index contributed by atoms with van der Waals surface area (Å²) in [6, 6.07) is 2.62. The summed E-state index contributed by atoms with van der Waals surface area (Å²) in [5.41, 5.74) is 0.489. The minimum absolute atomic E-state index is 0.0857. The Labute approximate surface area is 145 Å². The number of carbonyl (C=O) groups is 1. The SMILES string of the molecule is CN(C)Cc1cc(C(=O)N(C2CCCCC2)C2CCCCC2)no1. The van der Waals surface area contributed by atoms with Crippen molar-refractivity contribution in [2.75, 3.05) is 14.1 Å². The largest absolute Gasteiger partial charge is 0.359 e. The Hall–Kier alpha value is -1.36. The topological polar surface area (TPSA) is 49.6 Å². The Morgan fingerprint density at radius 2 is 1.58 bits per heavy atom. The van der Waals surface area contributed by atoms with E-state index in [1.54, 1.807) is 0 Å². The van der Waals surface area contributed by atoms with E-state index >= 15 is 0 Å². The van der Waals surface area contributed by atoms with Crippen molar-refractivity contribution in [2.24, 2.45) is 0 Å². The Bertz CT molecular complexity index is 510. The van der Waals surface area contributed by atoms with Crippen molar-refractivity contribution in [2.45, 2.75) is 82.8 Å². The van der Waals surface area contributed by atoms with Crippen LogP contribution in [0.5, 0.6) is 0 Å². The number of aromatic nitrogens is 1.